The summed E-state index contributed by atoms with van der Waals surface area (Å²) in [5, 5.41) is 9.87. The number of aliphatic carboxylic acids is 1. The molecule has 0 bridgehead atoms. The predicted octanol–water partition coefficient (Wildman–Crippen LogP) is 3.76. The van der Waals surface area contributed by atoms with E-state index in [4.69, 9.17) is 11.6 Å². The monoisotopic (exact) mass is 313 g/mol. The number of benzene rings is 1. The van der Waals surface area contributed by atoms with Gasteiger partial charge in [0, 0.05) is 22.5 Å². The molecule has 0 spiro atoms. The molecule has 1 aliphatic heterocycles. The molecular formula is C15H20ClNO2S. The smallest absolute Gasteiger partial charge is 0.323 e. The number of carboxylic acids is 1. The Morgan fingerprint density at radius 1 is 1.55 bits per heavy atom. The van der Waals surface area contributed by atoms with Gasteiger partial charge in [0.05, 0.1) is 0 Å². The van der Waals surface area contributed by atoms with E-state index in [0.717, 1.165) is 23.6 Å². The highest BCUT2D eigenvalue weighted by molar-refractivity contribution is 7.99. The van der Waals surface area contributed by atoms with E-state index >= 15 is 0 Å². The first-order chi connectivity index (χ1) is 9.40. The lowest BCUT2D eigenvalue weighted by Gasteiger charge is -2.45. The summed E-state index contributed by atoms with van der Waals surface area (Å²) in [6.45, 7) is 4.45. The molecule has 1 aliphatic rings. The van der Waals surface area contributed by atoms with Crippen LogP contribution in [0.3, 0.4) is 0 Å². The molecule has 3 nitrogen and oxygen atoms in total. The summed E-state index contributed by atoms with van der Waals surface area (Å²) >= 11 is 7.95. The fourth-order valence-electron chi connectivity index (χ4n) is 2.62. The van der Waals surface area contributed by atoms with E-state index in [-0.39, 0.29) is 18.0 Å². The lowest BCUT2D eigenvalue weighted by molar-refractivity contribution is -0.135. The normalized spacial score (nSPS) is 21.4. The molecule has 0 aliphatic carbocycles. The number of hydrogen-bond acceptors (Lipinski definition) is 3. The topological polar surface area (TPSA) is 40.5 Å². The third kappa shape index (κ3) is 3.61. The molecule has 1 fully saturated rings. The minimum atomic E-state index is -0.809. The molecule has 1 heterocycles. The Balaban J connectivity index is 2.34. The highest BCUT2D eigenvalue weighted by Crippen LogP contribution is 2.39. The van der Waals surface area contributed by atoms with Crippen molar-refractivity contribution < 1.29 is 9.90 Å². The van der Waals surface area contributed by atoms with Crippen molar-refractivity contribution in [2.24, 2.45) is 5.41 Å². The van der Waals surface area contributed by atoms with Crippen LogP contribution >= 0.6 is 23.4 Å². The van der Waals surface area contributed by atoms with Crippen LogP contribution < -0.4 is 4.90 Å². The molecule has 1 atom stereocenters. The molecule has 1 saturated heterocycles. The van der Waals surface area contributed by atoms with Crippen molar-refractivity contribution >= 4 is 35.0 Å². The Morgan fingerprint density at radius 2 is 2.30 bits per heavy atom. The van der Waals surface area contributed by atoms with Crippen molar-refractivity contribution in [2.45, 2.75) is 26.3 Å². The number of thioether (sulfide) groups is 1. The van der Waals surface area contributed by atoms with Gasteiger partial charge in [-0.15, -0.1) is 0 Å². The van der Waals surface area contributed by atoms with E-state index in [0.29, 0.717) is 5.02 Å². The lowest BCUT2D eigenvalue weighted by Crippen LogP contribution is -2.51. The molecule has 1 N–H and O–H groups in total. The number of halogens is 1. The second kappa shape index (κ2) is 6.27. The Morgan fingerprint density at radius 3 is 2.90 bits per heavy atom. The van der Waals surface area contributed by atoms with Crippen molar-refractivity contribution in [1.82, 2.24) is 0 Å². The highest BCUT2D eigenvalue weighted by atomic mass is 35.5. The maximum atomic E-state index is 11.2. The molecule has 0 amide bonds. The van der Waals surface area contributed by atoms with Crippen LogP contribution in [0.15, 0.2) is 24.3 Å². The summed E-state index contributed by atoms with van der Waals surface area (Å²) in [7, 11) is 0. The Labute approximate surface area is 129 Å². The number of nitrogens with zero attached hydrogens (tertiary/aromatic N) is 1. The van der Waals surface area contributed by atoms with Crippen LogP contribution in [0.4, 0.5) is 5.69 Å². The number of carboxylic acid groups (broad SMARTS) is 1. The number of carbonyl (C=O) groups is 1. The van der Waals surface area contributed by atoms with Gasteiger partial charge in [0.15, 0.2) is 0 Å². The summed E-state index contributed by atoms with van der Waals surface area (Å²) in [5.74, 6) is 1.28. The number of anilines is 1. The first kappa shape index (κ1) is 15.5. The molecule has 5 heteroatoms. The van der Waals surface area contributed by atoms with Gasteiger partial charge in [-0.2, -0.15) is 11.8 Å². The van der Waals surface area contributed by atoms with Gasteiger partial charge in [0.1, 0.15) is 6.54 Å². The molecule has 1 aromatic rings. The van der Waals surface area contributed by atoms with Gasteiger partial charge in [0.2, 0.25) is 0 Å². The Hall–Kier alpha value is -0.870. The second-order valence-corrected chi connectivity index (χ2v) is 7.42. The summed E-state index contributed by atoms with van der Waals surface area (Å²) < 4.78 is 0. The average Bonchev–Trinajstić information content (AvgIpc) is 2.36. The molecule has 1 unspecified atom stereocenters. The average molecular weight is 314 g/mol. The van der Waals surface area contributed by atoms with E-state index in [1.807, 2.05) is 40.9 Å². The summed E-state index contributed by atoms with van der Waals surface area (Å²) in [4.78, 5) is 13.2. The van der Waals surface area contributed by atoms with E-state index in [2.05, 4.69) is 13.8 Å². The number of rotatable bonds is 4. The maximum absolute atomic E-state index is 11.2. The maximum Gasteiger partial charge on any atom is 0.323 e. The van der Waals surface area contributed by atoms with Crippen LogP contribution in [0, 0.1) is 5.41 Å². The fraction of sp³-hybridized carbons (Fsp3) is 0.533. The zero-order chi connectivity index (χ0) is 14.8. The predicted molar refractivity (Wildman–Crippen MR) is 85.9 cm³/mol. The van der Waals surface area contributed by atoms with E-state index in [9.17, 15) is 9.90 Å². The molecule has 110 valence electrons. The second-order valence-electron chi connectivity index (χ2n) is 5.83. The Bertz CT molecular complexity index is 493. The van der Waals surface area contributed by atoms with Crippen molar-refractivity contribution in [3.63, 3.8) is 0 Å². The summed E-state index contributed by atoms with van der Waals surface area (Å²) in [6.07, 6.45) is 1.10. The van der Waals surface area contributed by atoms with Crippen LogP contribution in [-0.4, -0.2) is 35.2 Å². The van der Waals surface area contributed by atoms with Crippen LogP contribution in [0.1, 0.15) is 20.3 Å². The van der Waals surface area contributed by atoms with Gasteiger partial charge < -0.3 is 10.0 Å². The highest BCUT2D eigenvalue weighted by Gasteiger charge is 2.37. The third-order valence-electron chi connectivity index (χ3n) is 3.89. The van der Waals surface area contributed by atoms with Crippen LogP contribution in [-0.2, 0) is 4.79 Å². The van der Waals surface area contributed by atoms with Crippen LogP contribution in [0.2, 0.25) is 5.02 Å². The molecular weight excluding hydrogens is 294 g/mol. The van der Waals surface area contributed by atoms with Crippen LogP contribution in [0.5, 0.6) is 0 Å². The van der Waals surface area contributed by atoms with Gasteiger partial charge in [-0.3, -0.25) is 4.79 Å². The minimum Gasteiger partial charge on any atom is -0.480 e. The molecule has 0 radical (unpaired) electrons. The summed E-state index contributed by atoms with van der Waals surface area (Å²) in [5.41, 5.74) is 0.990. The number of hydrogen-bond donors (Lipinski definition) is 1. The van der Waals surface area contributed by atoms with Gasteiger partial charge in [-0.05, 0) is 35.8 Å². The third-order valence-corrected chi connectivity index (χ3v) is 5.17. The van der Waals surface area contributed by atoms with Gasteiger partial charge in [0.25, 0.3) is 0 Å². The van der Waals surface area contributed by atoms with Crippen molar-refractivity contribution in [3.8, 4) is 0 Å². The van der Waals surface area contributed by atoms with E-state index in [1.165, 1.54) is 0 Å². The van der Waals surface area contributed by atoms with E-state index < -0.39 is 5.97 Å². The SMILES string of the molecule is CC1(C)CCSCC1N(CC(=O)O)c1cccc(Cl)c1. The zero-order valence-electron chi connectivity index (χ0n) is 11.8. The molecule has 0 aromatic heterocycles. The van der Waals surface area contributed by atoms with Gasteiger partial charge in [-0.1, -0.05) is 31.5 Å². The van der Waals surface area contributed by atoms with Gasteiger partial charge in [-0.25, -0.2) is 0 Å². The van der Waals surface area contributed by atoms with Crippen molar-refractivity contribution in [1.29, 1.82) is 0 Å². The fourth-order valence-corrected chi connectivity index (χ4v) is 4.49. The first-order valence-electron chi connectivity index (χ1n) is 6.72. The standard InChI is InChI=1S/C15H20ClNO2S/c1-15(2)6-7-20-10-13(15)17(9-14(18)19)12-5-3-4-11(16)8-12/h3-5,8,13H,6-7,9-10H2,1-2H3,(H,18,19). The quantitative estimate of drug-likeness (QED) is 0.918. The summed E-state index contributed by atoms with van der Waals surface area (Å²) in [6, 6.07) is 7.67. The molecule has 0 saturated carbocycles. The molecule has 20 heavy (non-hydrogen) atoms. The van der Waals surface area contributed by atoms with Crippen LogP contribution in [0.25, 0.3) is 0 Å². The van der Waals surface area contributed by atoms with Crippen molar-refractivity contribution in [3.05, 3.63) is 29.3 Å². The molecule has 1 aromatic carbocycles. The zero-order valence-corrected chi connectivity index (χ0v) is 13.4. The molecule has 2 rings (SSSR count). The lowest BCUT2D eigenvalue weighted by atomic mass is 9.81. The largest absolute Gasteiger partial charge is 0.480 e. The van der Waals surface area contributed by atoms with Gasteiger partial charge >= 0.3 is 5.97 Å². The minimum absolute atomic E-state index is 0.00893. The van der Waals surface area contributed by atoms with E-state index in [1.54, 1.807) is 0 Å². The first-order valence-corrected chi connectivity index (χ1v) is 8.25. The Kier molecular flexibility index (Phi) is 4.86. The van der Waals surface area contributed by atoms with Crippen molar-refractivity contribution in [2.75, 3.05) is 23.0 Å².